The van der Waals surface area contributed by atoms with Crippen molar-refractivity contribution in [3.8, 4) is 0 Å². The minimum absolute atomic E-state index is 0.0880. The van der Waals surface area contributed by atoms with Crippen LogP contribution in [0.5, 0.6) is 0 Å². The summed E-state index contributed by atoms with van der Waals surface area (Å²) in [7, 11) is 0. The van der Waals surface area contributed by atoms with E-state index >= 15 is 0 Å². The first-order valence-corrected chi connectivity index (χ1v) is 3.76. The largest absolute Gasteiger partial charge is 0.330 e. The van der Waals surface area contributed by atoms with Crippen LogP contribution in [-0.4, -0.2) is 16.7 Å². The van der Waals surface area contributed by atoms with Gasteiger partial charge in [-0.25, -0.2) is 4.37 Å². The van der Waals surface area contributed by atoms with Crippen LogP contribution in [-0.2, 0) is 0 Å². The van der Waals surface area contributed by atoms with Gasteiger partial charge in [-0.15, -0.1) is 0 Å². The predicted molar refractivity (Wildman–Crippen MR) is 40.1 cm³/mol. The number of aromatic nitrogens is 1. The van der Waals surface area contributed by atoms with Gasteiger partial charge >= 0.3 is 0 Å². The third-order valence-electron chi connectivity index (χ3n) is 1.08. The SMILES string of the molecule is NCCC(=O)c1ccns1. The molecule has 0 aromatic carbocycles. The Morgan fingerprint density at radius 1 is 1.80 bits per heavy atom. The molecule has 0 aliphatic rings. The molecule has 2 N–H and O–H groups in total. The summed E-state index contributed by atoms with van der Waals surface area (Å²) in [5, 5.41) is 0. The molecule has 0 aliphatic heterocycles. The van der Waals surface area contributed by atoms with E-state index in [1.807, 2.05) is 0 Å². The zero-order valence-electron chi connectivity index (χ0n) is 5.41. The van der Waals surface area contributed by atoms with Crippen LogP contribution in [0.3, 0.4) is 0 Å². The quantitative estimate of drug-likeness (QED) is 0.654. The molecule has 4 heteroatoms. The van der Waals surface area contributed by atoms with Crippen LogP contribution in [0.4, 0.5) is 0 Å². The van der Waals surface area contributed by atoms with Crippen molar-refractivity contribution in [1.82, 2.24) is 4.37 Å². The third-order valence-corrected chi connectivity index (χ3v) is 1.87. The van der Waals surface area contributed by atoms with E-state index in [0.717, 1.165) is 0 Å². The fourth-order valence-electron chi connectivity index (χ4n) is 0.614. The van der Waals surface area contributed by atoms with Crippen molar-refractivity contribution in [3.05, 3.63) is 17.1 Å². The Bertz CT molecular complexity index is 208. The smallest absolute Gasteiger partial charge is 0.175 e. The maximum absolute atomic E-state index is 11.0. The van der Waals surface area contributed by atoms with Crippen LogP contribution in [0.25, 0.3) is 0 Å². The molecule has 0 unspecified atom stereocenters. The molecule has 10 heavy (non-hydrogen) atoms. The van der Waals surface area contributed by atoms with Crippen LogP contribution in [0.15, 0.2) is 12.3 Å². The highest BCUT2D eigenvalue weighted by Crippen LogP contribution is 2.06. The van der Waals surface area contributed by atoms with Gasteiger partial charge in [0, 0.05) is 12.6 Å². The Balaban J connectivity index is 2.59. The Morgan fingerprint density at radius 2 is 2.60 bits per heavy atom. The van der Waals surface area contributed by atoms with Crippen molar-refractivity contribution in [3.63, 3.8) is 0 Å². The van der Waals surface area contributed by atoms with Crippen molar-refractivity contribution in [1.29, 1.82) is 0 Å². The van der Waals surface area contributed by atoms with Crippen molar-refractivity contribution in [2.24, 2.45) is 5.73 Å². The fraction of sp³-hybridized carbons (Fsp3) is 0.333. The van der Waals surface area contributed by atoms with E-state index in [4.69, 9.17) is 5.73 Å². The minimum atomic E-state index is 0.0880. The topological polar surface area (TPSA) is 56.0 Å². The second-order valence-corrected chi connectivity index (χ2v) is 2.67. The van der Waals surface area contributed by atoms with Gasteiger partial charge in [0.1, 0.15) is 0 Å². The van der Waals surface area contributed by atoms with Crippen LogP contribution in [0.2, 0.25) is 0 Å². The summed E-state index contributed by atoms with van der Waals surface area (Å²) in [5.41, 5.74) is 5.20. The summed E-state index contributed by atoms with van der Waals surface area (Å²) in [6.45, 7) is 0.413. The molecule has 0 fully saturated rings. The average molecular weight is 156 g/mol. The molecule has 1 rings (SSSR count). The molecule has 0 saturated carbocycles. The Hall–Kier alpha value is -0.740. The van der Waals surface area contributed by atoms with Gasteiger partial charge in [-0.1, -0.05) is 0 Å². The molecule has 0 saturated heterocycles. The first-order chi connectivity index (χ1) is 4.84. The lowest BCUT2D eigenvalue weighted by Gasteiger charge is -1.89. The third kappa shape index (κ3) is 1.62. The van der Waals surface area contributed by atoms with Gasteiger partial charge < -0.3 is 5.73 Å². The second-order valence-electron chi connectivity index (χ2n) is 1.84. The molecule has 0 spiro atoms. The highest BCUT2D eigenvalue weighted by atomic mass is 32.1. The van der Waals surface area contributed by atoms with Gasteiger partial charge in [-0.05, 0) is 24.1 Å². The predicted octanol–water partition coefficient (Wildman–Crippen LogP) is 0.675. The molecule has 0 radical (unpaired) electrons. The number of hydrogen-bond acceptors (Lipinski definition) is 4. The first-order valence-electron chi connectivity index (χ1n) is 2.98. The van der Waals surface area contributed by atoms with E-state index in [1.54, 1.807) is 12.3 Å². The number of nitrogens with two attached hydrogens (primary N) is 1. The summed E-state index contributed by atoms with van der Waals surface area (Å²) in [5.74, 6) is 0.0880. The zero-order chi connectivity index (χ0) is 7.40. The van der Waals surface area contributed by atoms with E-state index in [1.165, 1.54) is 11.5 Å². The van der Waals surface area contributed by atoms with Crippen LogP contribution >= 0.6 is 11.5 Å². The second kappa shape index (κ2) is 3.43. The number of ketones is 1. The lowest BCUT2D eigenvalue weighted by atomic mass is 10.2. The molecular weight excluding hydrogens is 148 g/mol. The van der Waals surface area contributed by atoms with Crippen molar-refractivity contribution >= 4 is 17.3 Å². The van der Waals surface area contributed by atoms with Gasteiger partial charge in [-0.3, -0.25) is 4.79 Å². The van der Waals surface area contributed by atoms with Gasteiger partial charge in [0.15, 0.2) is 5.78 Å². The van der Waals surface area contributed by atoms with Crippen molar-refractivity contribution in [2.75, 3.05) is 6.54 Å². The maximum atomic E-state index is 11.0. The lowest BCUT2D eigenvalue weighted by molar-refractivity contribution is 0.0989. The average Bonchev–Trinajstić information content (AvgIpc) is 2.38. The molecular formula is C6H8N2OS. The van der Waals surface area contributed by atoms with E-state index in [-0.39, 0.29) is 5.78 Å². The van der Waals surface area contributed by atoms with Crippen molar-refractivity contribution in [2.45, 2.75) is 6.42 Å². The molecule has 0 bridgehead atoms. The molecule has 1 heterocycles. The summed E-state index contributed by atoms with van der Waals surface area (Å²) in [6.07, 6.45) is 2.04. The Labute approximate surface area is 63.0 Å². The number of Topliss-reactive ketones (excluding diaryl/α,β-unsaturated/α-hetero) is 1. The lowest BCUT2D eigenvalue weighted by Crippen LogP contribution is -2.06. The van der Waals surface area contributed by atoms with Crippen LogP contribution in [0.1, 0.15) is 16.1 Å². The monoisotopic (exact) mass is 156 g/mol. The number of hydrogen-bond donors (Lipinski definition) is 1. The van der Waals surface area contributed by atoms with Crippen LogP contribution in [0, 0.1) is 0 Å². The Morgan fingerprint density at radius 3 is 3.10 bits per heavy atom. The zero-order valence-corrected chi connectivity index (χ0v) is 6.23. The normalized spacial score (nSPS) is 9.70. The van der Waals surface area contributed by atoms with Crippen molar-refractivity contribution < 1.29 is 4.79 Å². The highest BCUT2D eigenvalue weighted by Gasteiger charge is 2.04. The van der Waals surface area contributed by atoms with Crippen LogP contribution < -0.4 is 5.73 Å². The molecule has 54 valence electrons. The summed E-state index contributed by atoms with van der Waals surface area (Å²) < 4.78 is 3.81. The number of rotatable bonds is 3. The maximum Gasteiger partial charge on any atom is 0.175 e. The standard InChI is InChI=1S/C6H8N2OS/c7-3-1-5(9)6-2-4-8-10-6/h2,4H,1,3,7H2. The molecule has 1 aromatic heterocycles. The molecule has 0 amide bonds. The van der Waals surface area contributed by atoms with Gasteiger partial charge in [0.25, 0.3) is 0 Å². The van der Waals surface area contributed by atoms with E-state index < -0.39 is 0 Å². The summed E-state index contributed by atoms with van der Waals surface area (Å²) in [6, 6.07) is 1.71. The van der Waals surface area contributed by atoms with Gasteiger partial charge in [-0.2, -0.15) is 0 Å². The molecule has 3 nitrogen and oxygen atoms in total. The molecule has 0 atom stereocenters. The fourth-order valence-corrected chi connectivity index (χ4v) is 1.17. The number of nitrogens with zero attached hydrogens (tertiary/aromatic N) is 1. The highest BCUT2D eigenvalue weighted by molar-refractivity contribution is 7.08. The van der Waals surface area contributed by atoms with E-state index in [9.17, 15) is 4.79 Å². The van der Waals surface area contributed by atoms with E-state index in [0.29, 0.717) is 17.8 Å². The molecule has 1 aromatic rings. The Kier molecular flexibility index (Phi) is 2.53. The summed E-state index contributed by atoms with van der Waals surface area (Å²) in [4.78, 5) is 11.7. The minimum Gasteiger partial charge on any atom is -0.330 e. The number of carbonyl (C=O) groups excluding carboxylic acids is 1. The first kappa shape index (κ1) is 7.37. The van der Waals surface area contributed by atoms with Gasteiger partial charge in [0.2, 0.25) is 0 Å². The molecule has 0 aliphatic carbocycles. The number of carbonyl (C=O) groups is 1. The van der Waals surface area contributed by atoms with Gasteiger partial charge in [0.05, 0.1) is 4.88 Å². The summed E-state index contributed by atoms with van der Waals surface area (Å²) >= 11 is 1.22. The van der Waals surface area contributed by atoms with E-state index in [2.05, 4.69) is 4.37 Å².